The molecular weight excluding hydrogens is 294 g/mol. The van der Waals surface area contributed by atoms with Gasteiger partial charge >= 0.3 is 5.91 Å². The van der Waals surface area contributed by atoms with Gasteiger partial charge in [-0.3, -0.25) is 4.79 Å². The number of hydrogen-bond donors (Lipinski definition) is 2. The maximum absolute atomic E-state index is 12.3. The van der Waals surface area contributed by atoms with Crippen molar-refractivity contribution in [3.05, 3.63) is 36.4 Å². The highest BCUT2D eigenvalue weighted by Gasteiger charge is 2.33. The van der Waals surface area contributed by atoms with E-state index in [1.807, 2.05) is 0 Å². The topological polar surface area (TPSA) is 78.6 Å². The minimum atomic E-state index is -0.274. The van der Waals surface area contributed by atoms with E-state index >= 15 is 0 Å². The number of piperidine rings is 1. The monoisotopic (exact) mass is 313 g/mol. The van der Waals surface area contributed by atoms with Gasteiger partial charge in [-0.15, -0.1) is 0 Å². The number of oxazole rings is 1. The number of hydrogen-bond acceptors (Lipinski definition) is 5. The average molecular weight is 313 g/mol. The summed E-state index contributed by atoms with van der Waals surface area (Å²) in [6.07, 6.45) is 3.77. The van der Waals surface area contributed by atoms with Crippen molar-refractivity contribution in [1.82, 2.24) is 15.2 Å². The highest BCUT2D eigenvalue weighted by atomic mass is 16.4. The molecule has 0 radical (unpaired) electrons. The molecule has 120 valence electrons. The molecule has 1 aromatic heterocycles. The number of fused-ring (bicyclic) bond motifs is 2. The normalized spacial score (nSPS) is 26.2. The predicted octanol–water partition coefficient (Wildman–Crippen LogP) is 1.87. The number of phenols is 1. The smallest absolute Gasteiger partial charge is 0.307 e. The number of nitrogens with zero attached hydrogens (tertiary/aromatic N) is 2. The summed E-state index contributed by atoms with van der Waals surface area (Å²) >= 11 is 0. The largest absolute Gasteiger partial charge is 0.508 e. The van der Waals surface area contributed by atoms with Crippen molar-refractivity contribution in [2.45, 2.75) is 18.9 Å². The number of nitrogens with one attached hydrogen (secondary N) is 1. The summed E-state index contributed by atoms with van der Waals surface area (Å²) in [5.41, 5.74) is 0.693. The van der Waals surface area contributed by atoms with Gasteiger partial charge in [-0.1, -0.05) is 12.1 Å². The lowest BCUT2D eigenvalue weighted by atomic mass is 9.97. The molecule has 6 heteroatoms. The molecule has 0 spiro atoms. The molecule has 6 nitrogen and oxygen atoms in total. The average Bonchev–Trinajstić information content (AvgIpc) is 3.14. The second-order valence-corrected chi connectivity index (χ2v) is 6.40. The zero-order valence-electron chi connectivity index (χ0n) is 12.7. The van der Waals surface area contributed by atoms with Crippen molar-refractivity contribution in [2.24, 2.45) is 5.92 Å². The van der Waals surface area contributed by atoms with Gasteiger partial charge in [-0.25, -0.2) is 4.98 Å². The van der Waals surface area contributed by atoms with Crippen LogP contribution in [0.3, 0.4) is 0 Å². The van der Waals surface area contributed by atoms with E-state index < -0.39 is 0 Å². The lowest BCUT2D eigenvalue weighted by Crippen LogP contribution is -2.47. The summed E-state index contributed by atoms with van der Waals surface area (Å²) in [6, 6.07) is 6.85. The van der Waals surface area contributed by atoms with Gasteiger partial charge in [-0.05, 0) is 37.4 Å². The fraction of sp³-hybridized carbons (Fsp3) is 0.412. The number of benzene rings is 1. The van der Waals surface area contributed by atoms with Gasteiger partial charge in [0.25, 0.3) is 5.89 Å². The van der Waals surface area contributed by atoms with Gasteiger partial charge in [0.05, 0.1) is 6.20 Å². The van der Waals surface area contributed by atoms with E-state index in [4.69, 9.17) is 4.42 Å². The van der Waals surface area contributed by atoms with Crippen LogP contribution in [0.5, 0.6) is 5.75 Å². The molecule has 0 aliphatic carbocycles. The first-order chi connectivity index (χ1) is 11.2. The standard InChI is InChI=1S/C17H19N3O3/c21-14-3-1-2-12(7-14)15-8-18-17(23-15)16(22)19-13-6-11-4-5-20(9-11)10-13/h1-3,7-8,11,13,21H,4-6,9-10H2,(H,19,22)/t11-,13+/m0/s1. The van der Waals surface area contributed by atoms with Crippen molar-refractivity contribution >= 4 is 5.91 Å². The van der Waals surface area contributed by atoms with Crippen molar-refractivity contribution in [3.8, 4) is 17.1 Å². The Kier molecular flexibility index (Phi) is 3.53. The fourth-order valence-corrected chi connectivity index (χ4v) is 3.58. The van der Waals surface area contributed by atoms with Crippen LogP contribution >= 0.6 is 0 Å². The minimum absolute atomic E-state index is 0.0660. The summed E-state index contributed by atoms with van der Waals surface area (Å²) in [5.74, 6) is 1.11. The van der Waals surface area contributed by atoms with Crippen molar-refractivity contribution in [1.29, 1.82) is 0 Å². The van der Waals surface area contributed by atoms with Crippen molar-refractivity contribution < 1.29 is 14.3 Å². The molecular formula is C17H19N3O3. The Morgan fingerprint density at radius 1 is 1.39 bits per heavy atom. The van der Waals surface area contributed by atoms with Gasteiger partial charge in [-0.2, -0.15) is 0 Å². The summed E-state index contributed by atoms with van der Waals surface area (Å²) < 4.78 is 5.55. The number of aromatic nitrogens is 1. The summed E-state index contributed by atoms with van der Waals surface area (Å²) in [6.45, 7) is 3.20. The van der Waals surface area contributed by atoms with Gasteiger partial charge in [0.15, 0.2) is 5.76 Å². The fourth-order valence-electron chi connectivity index (χ4n) is 3.58. The molecule has 2 bridgehead atoms. The van der Waals surface area contributed by atoms with Gasteiger partial charge in [0.2, 0.25) is 0 Å². The Morgan fingerprint density at radius 3 is 3.13 bits per heavy atom. The minimum Gasteiger partial charge on any atom is -0.508 e. The molecule has 3 heterocycles. The molecule has 1 aromatic carbocycles. The number of phenolic OH excluding ortho intramolecular Hbond substituents is 1. The summed E-state index contributed by atoms with van der Waals surface area (Å²) in [5, 5.41) is 12.5. The number of rotatable bonds is 3. The van der Waals surface area contributed by atoms with Crippen LogP contribution in [0.15, 0.2) is 34.9 Å². The maximum Gasteiger partial charge on any atom is 0.307 e. The lowest BCUT2D eigenvalue weighted by molar-refractivity contribution is 0.0875. The molecule has 4 rings (SSSR count). The molecule has 2 fully saturated rings. The highest BCUT2D eigenvalue weighted by molar-refractivity contribution is 5.90. The Bertz CT molecular complexity index is 715. The van der Waals surface area contributed by atoms with Gasteiger partial charge in [0, 0.05) is 24.7 Å². The van der Waals surface area contributed by atoms with E-state index in [9.17, 15) is 9.90 Å². The van der Waals surface area contributed by atoms with E-state index in [0.717, 1.165) is 26.1 Å². The second kappa shape index (κ2) is 5.70. The first-order valence-electron chi connectivity index (χ1n) is 7.96. The molecule has 2 N–H and O–H groups in total. The molecule has 0 saturated carbocycles. The van der Waals surface area contributed by atoms with Crippen molar-refractivity contribution in [3.63, 3.8) is 0 Å². The Morgan fingerprint density at radius 2 is 2.30 bits per heavy atom. The zero-order valence-corrected chi connectivity index (χ0v) is 12.7. The summed E-state index contributed by atoms with van der Waals surface area (Å²) in [4.78, 5) is 18.8. The molecule has 2 aromatic rings. The third-order valence-corrected chi connectivity index (χ3v) is 4.63. The molecule has 1 amide bonds. The van der Waals surface area contributed by atoms with E-state index in [2.05, 4.69) is 15.2 Å². The maximum atomic E-state index is 12.3. The third kappa shape index (κ3) is 2.94. The molecule has 2 saturated heterocycles. The van der Waals surface area contributed by atoms with Crippen LogP contribution in [0.25, 0.3) is 11.3 Å². The number of aromatic hydroxyl groups is 1. The van der Waals surface area contributed by atoms with Crippen LogP contribution in [0.1, 0.15) is 23.5 Å². The third-order valence-electron chi connectivity index (χ3n) is 4.63. The zero-order chi connectivity index (χ0) is 15.8. The number of carbonyl (C=O) groups is 1. The van der Waals surface area contributed by atoms with Crippen LogP contribution in [0.2, 0.25) is 0 Å². The van der Waals surface area contributed by atoms with Crippen LogP contribution in [-0.2, 0) is 0 Å². The highest BCUT2D eigenvalue weighted by Crippen LogP contribution is 2.27. The SMILES string of the molecule is O=C(N[C@@H]1C[C@@H]2CCN(C2)C1)c1ncc(-c2cccc(O)c2)o1. The Balaban J connectivity index is 1.45. The van der Waals surface area contributed by atoms with Crippen LogP contribution in [0.4, 0.5) is 0 Å². The lowest BCUT2D eigenvalue weighted by Gasteiger charge is -2.30. The first kappa shape index (κ1) is 14.3. The molecule has 1 unspecified atom stereocenters. The number of amides is 1. The van der Waals surface area contributed by atoms with Crippen LogP contribution < -0.4 is 5.32 Å². The Hall–Kier alpha value is -2.34. The molecule has 23 heavy (non-hydrogen) atoms. The molecule has 3 atom stereocenters. The van der Waals surface area contributed by atoms with E-state index in [0.29, 0.717) is 17.2 Å². The Labute approximate surface area is 134 Å². The summed E-state index contributed by atoms with van der Waals surface area (Å²) in [7, 11) is 0. The predicted molar refractivity (Wildman–Crippen MR) is 84.0 cm³/mol. The van der Waals surface area contributed by atoms with Crippen LogP contribution in [0, 0.1) is 5.92 Å². The second-order valence-electron chi connectivity index (χ2n) is 6.40. The van der Waals surface area contributed by atoms with E-state index in [1.54, 1.807) is 24.3 Å². The van der Waals surface area contributed by atoms with E-state index in [1.165, 1.54) is 12.6 Å². The van der Waals surface area contributed by atoms with Crippen LogP contribution in [-0.4, -0.2) is 46.6 Å². The van der Waals surface area contributed by atoms with E-state index in [-0.39, 0.29) is 23.6 Å². The molecule has 2 aliphatic heterocycles. The number of carbonyl (C=O) groups excluding carboxylic acids is 1. The first-order valence-corrected chi connectivity index (χ1v) is 7.96. The quantitative estimate of drug-likeness (QED) is 0.904. The van der Waals surface area contributed by atoms with Gasteiger partial charge < -0.3 is 19.7 Å². The molecule has 2 aliphatic rings. The van der Waals surface area contributed by atoms with Crippen molar-refractivity contribution in [2.75, 3.05) is 19.6 Å². The van der Waals surface area contributed by atoms with Gasteiger partial charge in [0.1, 0.15) is 5.75 Å².